The fraction of sp³-hybridized carbons (Fsp3) is 0.571. The molecule has 0 aliphatic carbocycles. The van der Waals surface area contributed by atoms with Gasteiger partial charge in [-0.25, -0.2) is 0 Å². The van der Waals surface area contributed by atoms with E-state index in [2.05, 4.69) is 40.5 Å². The van der Waals surface area contributed by atoms with Crippen LogP contribution in [-0.4, -0.2) is 36.5 Å². The molecule has 0 spiro atoms. The van der Waals surface area contributed by atoms with Crippen LogP contribution in [-0.2, 0) is 6.54 Å². The number of halogens is 1. The summed E-state index contributed by atoms with van der Waals surface area (Å²) in [5.74, 6) is 0.773. The average molecular weight is 253 g/mol. The van der Waals surface area contributed by atoms with Gasteiger partial charge in [0.1, 0.15) is 0 Å². The summed E-state index contributed by atoms with van der Waals surface area (Å²) < 4.78 is 0. The van der Waals surface area contributed by atoms with E-state index in [1.807, 2.05) is 0 Å². The van der Waals surface area contributed by atoms with Gasteiger partial charge in [-0.3, -0.25) is 4.90 Å². The highest BCUT2D eigenvalue weighted by atomic mass is 35.5. The lowest BCUT2D eigenvalue weighted by Crippen LogP contribution is -2.50. The van der Waals surface area contributed by atoms with Crippen molar-refractivity contribution in [3.05, 3.63) is 35.9 Å². The van der Waals surface area contributed by atoms with Gasteiger partial charge in [-0.15, -0.1) is 11.6 Å². The molecule has 0 bridgehead atoms. The summed E-state index contributed by atoms with van der Waals surface area (Å²) in [6.07, 6.45) is 2.31. The molecular formula is C14H21ClN2. The number of hydrogen-bond donors (Lipinski definition) is 1. The van der Waals surface area contributed by atoms with Crippen LogP contribution < -0.4 is 5.32 Å². The highest BCUT2D eigenvalue weighted by Gasteiger charge is 2.21. The summed E-state index contributed by atoms with van der Waals surface area (Å²) >= 11 is 5.79. The quantitative estimate of drug-likeness (QED) is 0.810. The number of alkyl halides is 1. The lowest BCUT2D eigenvalue weighted by atomic mass is 10.1. The molecule has 1 N–H and O–H groups in total. The van der Waals surface area contributed by atoms with E-state index in [1.54, 1.807) is 0 Å². The molecule has 0 radical (unpaired) electrons. The first kappa shape index (κ1) is 12.9. The molecule has 1 fully saturated rings. The van der Waals surface area contributed by atoms with Crippen molar-refractivity contribution in [3.8, 4) is 0 Å². The highest BCUT2D eigenvalue weighted by molar-refractivity contribution is 6.17. The fourth-order valence-corrected chi connectivity index (χ4v) is 2.58. The van der Waals surface area contributed by atoms with Crippen molar-refractivity contribution in [2.45, 2.75) is 25.4 Å². The molecule has 94 valence electrons. The minimum Gasteiger partial charge on any atom is -0.314 e. The molecule has 2 nitrogen and oxygen atoms in total. The van der Waals surface area contributed by atoms with Crippen molar-refractivity contribution in [1.29, 1.82) is 0 Å². The molecular weight excluding hydrogens is 232 g/mol. The predicted molar refractivity (Wildman–Crippen MR) is 73.5 cm³/mol. The fourth-order valence-electron chi connectivity index (χ4n) is 2.43. The minimum atomic E-state index is 0.641. The Morgan fingerprint density at radius 1 is 1.29 bits per heavy atom. The second-order valence-electron chi connectivity index (χ2n) is 4.65. The molecule has 1 heterocycles. The maximum Gasteiger partial charge on any atom is 0.0237 e. The van der Waals surface area contributed by atoms with Crippen LogP contribution in [0.1, 0.15) is 18.4 Å². The first-order valence-electron chi connectivity index (χ1n) is 6.45. The van der Waals surface area contributed by atoms with Crippen LogP contribution in [0.5, 0.6) is 0 Å². The first-order valence-corrected chi connectivity index (χ1v) is 6.98. The summed E-state index contributed by atoms with van der Waals surface area (Å²) in [5.41, 5.74) is 1.41. The van der Waals surface area contributed by atoms with E-state index in [4.69, 9.17) is 11.6 Å². The Morgan fingerprint density at radius 2 is 2.12 bits per heavy atom. The molecule has 0 saturated carbocycles. The van der Waals surface area contributed by atoms with Crippen molar-refractivity contribution < 1.29 is 0 Å². The Morgan fingerprint density at radius 3 is 2.88 bits per heavy atom. The summed E-state index contributed by atoms with van der Waals surface area (Å²) in [5, 5.41) is 3.47. The summed E-state index contributed by atoms with van der Waals surface area (Å²) in [4.78, 5) is 2.58. The zero-order chi connectivity index (χ0) is 11.9. The second-order valence-corrected chi connectivity index (χ2v) is 5.02. The Hall–Kier alpha value is -0.570. The number of rotatable bonds is 5. The molecule has 2 rings (SSSR count). The molecule has 1 atom stereocenters. The first-order chi connectivity index (χ1) is 8.40. The van der Waals surface area contributed by atoms with Gasteiger partial charge in [0.2, 0.25) is 0 Å². The van der Waals surface area contributed by atoms with Crippen molar-refractivity contribution in [3.63, 3.8) is 0 Å². The zero-order valence-corrected chi connectivity index (χ0v) is 11.0. The Bertz CT molecular complexity index is 315. The van der Waals surface area contributed by atoms with Gasteiger partial charge in [-0.05, 0) is 18.4 Å². The Labute approximate surface area is 109 Å². The maximum absolute atomic E-state index is 5.79. The van der Waals surface area contributed by atoms with Gasteiger partial charge in [0.05, 0.1) is 0 Å². The largest absolute Gasteiger partial charge is 0.314 e. The van der Waals surface area contributed by atoms with E-state index in [0.717, 1.165) is 38.5 Å². The van der Waals surface area contributed by atoms with Gasteiger partial charge < -0.3 is 5.32 Å². The number of piperazine rings is 1. The topological polar surface area (TPSA) is 15.3 Å². The van der Waals surface area contributed by atoms with E-state index in [9.17, 15) is 0 Å². The van der Waals surface area contributed by atoms with Crippen LogP contribution in [0.4, 0.5) is 0 Å². The third-order valence-electron chi connectivity index (χ3n) is 3.37. The van der Waals surface area contributed by atoms with Gasteiger partial charge in [0, 0.05) is 38.1 Å². The van der Waals surface area contributed by atoms with Crippen LogP contribution in [0.15, 0.2) is 30.3 Å². The van der Waals surface area contributed by atoms with Crippen molar-refractivity contribution in [2.24, 2.45) is 0 Å². The second kappa shape index (κ2) is 7.00. The smallest absolute Gasteiger partial charge is 0.0237 e. The van der Waals surface area contributed by atoms with Gasteiger partial charge in [-0.2, -0.15) is 0 Å². The van der Waals surface area contributed by atoms with E-state index >= 15 is 0 Å². The Kier molecular flexibility index (Phi) is 5.30. The van der Waals surface area contributed by atoms with E-state index in [0.29, 0.717) is 6.04 Å². The van der Waals surface area contributed by atoms with Crippen molar-refractivity contribution in [1.82, 2.24) is 10.2 Å². The van der Waals surface area contributed by atoms with Crippen LogP contribution >= 0.6 is 11.6 Å². The number of hydrogen-bond acceptors (Lipinski definition) is 2. The molecule has 0 aromatic heterocycles. The standard InChI is InChI=1S/C14H21ClN2/c15-8-4-7-14-11-16-9-10-17(14)12-13-5-2-1-3-6-13/h1-3,5-6,14,16H,4,7-12H2. The van der Waals surface area contributed by atoms with Crippen LogP contribution in [0, 0.1) is 0 Å². The lowest BCUT2D eigenvalue weighted by Gasteiger charge is -2.36. The predicted octanol–water partition coefficient (Wildman–Crippen LogP) is 2.48. The van der Waals surface area contributed by atoms with E-state index in [1.165, 1.54) is 12.0 Å². The molecule has 1 saturated heterocycles. The third kappa shape index (κ3) is 3.98. The molecule has 1 unspecified atom stereocenters. The van der Waals surface area contributed by atoms with Gasteiger partial charge in [-0.1, -0.05) is 30.3 Å². The molecule has 1 aromatic rings. The third-order valence-corrected chi connectivity index (χ3v) is 3.64. The monoisotopic (exact) mass is 252 g/mol. The number of nitrogens with one attached hydrogen (secondary N) is 1. The van der Waals surface area contributed by atoms with Crippen LogP contribution in [0.25, 0.3) is 0 Å². The molecule has 1 aromatic carbocycles. The molecule has 17 heavy (non-hydrogen) atoms. The number of nitrogens with zero attached hydrogens (tertiary/aromatic N) is 1. The molecule has 1 aliphatic heterocycles. The SMILES string of the molecule is ClCCCC1CNCCN1Cc1ccccc1. The van der Waals surface area contributed by atoms with Gasteiger partial charge >= 0.3 is 0 Å². The summed E-state index contributed by atoms with van der Waals surface area (Å²) in [6.45, 7) is 4.41. The number of benzene rings is 1. The van der Waals surface area contributed by atoms with Crippen LogP contribution in [0.3, 0.4) is 0 Å². The van der Waals surface area contributed by atoms with Crippen molar-refractivity contribution in [2.75, 3.05) is 25.5 Å². The molecule has 3 heteroatoms. The van der Waals surface area contributed by atoms with Crippen LogP contribution in [0.2, 0.25) is 0 Å². The van der Waals surface area contributed by atoms with Gasteiger partial charge in [0.15, 0.2) is 0 Å². The molecule has 1 aliphatic rings. The maximum atomic E-state index is 5.79. The Balaban J connectivity index is 1.92. The highest BCUT2D eigenvalue weighted by Crippen LogP contribution is 2.14. The minimum absolute atomic E-state index is 0.641. The van der Waals surface area contributed by atoms with Gasteiger partial charge in [0.25, 0.3) is 0 Å². The molecule has 0 amide bonds. The van der Waals surface area contributed by atoms with Crippen molar-refractivity contribution >= 4 is 11.6 Å². The van der Waals surface area contributed by atoms with E-state index in [-0.39, 0.29) is 0 Å². The normalized spacial score (nSPS) is 21.6. The average Bonchev–Trinajstić information content (AvgIpc) is 2.39. The summed E-state index contributed by atoms with van der Waals surface area (Å²) in [6, 6.07) is 11.4. The lowest BCUT2D eigenvalue weighted by molar-refractivity contribution is 0.144. The zero-order valence-electron chi connectivity index (χ0n) is 10.2. The van der Waals surface area contributed by atoms with E-state index < -0.39 is 0 Å². The summed E-state index contributed by atoms with van der Waals surface area (Å²) in [7, 11) is 0.